The molecule has 0 radical (unpaired) electrons. The van der Waals surface area contributed by atoms with Crippen LogP contribution in [0.4, 0.5) is 20.3 Å². The van der Waals surface area contributed by atoms with E-state index in [9.17, 15) is 8.78 Å². The van der Waals surface area contributed by atoms with E-state index in [0.717, 1.165) is 6.07 Å². The number of pyridine rings is 2. The molecule has 1 atom stereocenters. The lowest BCUT2D eigenvalue weighted by molar-refractivity contribution is 0.204. The number of nitrogens with zero attached hydrogens (tertiary/aromatic N) is 3. The third-order valence-corrected chi connectivity index (χ3v) is 6.05. The van der Waals surface area contributed by atoms with Gasteiger partial charge in [-0.15, -0.1) is 0 Å². The van der Waals surface area contributed by atoms with Crippen molar-refractivity contribution in [2.24, 2.45) is 11.1 Å². The summed E-state index contributed by atoms with van der Waals surface area (Å²) in [5, 5.41) is 8.83. The van der Waals surface area contributed by atoms with Crippen molar-refractivity contribution < 1.29 is 13.5 Å². The monoisotopic (exact) mass is 506 g/mol. The van der Waals surface area contributed by atoms with E-state index in [4.69, 9.17) is 44.8 Å². The summed E-state index contributed by atoms with van der Waals surface area (Å²) in [5.41, 5.74) is 12.4. The predicted molar refractivity (Wildman–Crippen MR) is 129 cm³/mol. The highest BCUT2D eigenvalue weighted by molar-refractivity contribution is 6.35. The minimum Gasteiger partial charge on any atom is -0.468 e. The number of anilines is 2. The van der Waals surface area contributed by atoms with Crippen LogP contribution in [0, 0.1) is 22.5 Å². The van der Waals surface area contributed by atoms with Crippen molar-refractivity contribution in [1.29, 1.82) is 5.41 Å². The number of hydrogen-bond acceptors (Lipinski definition) is 7. The van der Waals surface area contributed by atoms with Crippen LogP contribution in [0.2, 0.25) is 10.0 Å². The van der Waals surface area contributed by atoms with Gasteiger partial charge in [0.1, 0.15) is 0 Å². The Labute approximate surface area is 205 Å². The van der Waals surface area contributed by atoms with Gasteiger partial charge in [-0.2, -0.15) is 0 Å². The van der Waals surface area contributed by atoms with Crippen molar-refractivity contribution >= 4 is 40.4 Å². The quantitative estimate of drug-likeness (QED) is 0.247. The zero-order valence-electron chi connectivity index (χ0n) is 18.4. The molecule has 5 N–H and O–H groups in total. The number of nitrogens with two attached hydrogens (primary N) is 2. The first-order valence-corrected chi connectivity index (χ1v) is 11.0. The van der Waals surface area contributed by atoms with Crippen LogP contribution >= 0.6 is 23.2 Å². The molecule has 1 aliphatic rings. The van der Waals surface area contributed by atoms with Crippen LogP contribution in [0.3, 0.4) is 0 Å². The van der Waals surface area contributed by atoms with Crippen LogP contribution in [0.1, 0.15) is 36.8 Å². The van der Waals surface area contributed by atoms with Gasteiger partial charge in [-0.25, -0.2) is 13.8 Å². The summed E-state index contributed by atoms with van der Waals surface area (Å²) >= 11 is 12.2. The average Bonchev–Trinajstić information content (AvgIpc) is 2.73. The summed E-state index contributed by atoms with van der Waals surface area (Å²) in [5.74, 6) is -1.41. The lowest BCUT2D eigenvalue weighted by Gasteiger charge is -2.46. The van der Waals surface area contributed by atoms with E-state index in [-0.39, 0.29) is 55.1 Å². The molecule has 34 heavy (non-hydrogen) atoms. The Morgan fingerprint density at radius 1 is 1.12 bits per heavy atom. The molecule has 1 saturated heterocycles. The molecule has 2 aromatic heterocycles. The molecular weight excluding hydrogens is 485 g/mol. The largest absolute Gasteiger partial charge is 0.468 e. The number of nitrogen functional groups attached to an aromatic ring is 1. The van der Waals surface area contributed by atoms with Crippen molar-refractivity contribution in [3.8, 4) is 5.75 Å². The molecule has 4 rings (SSSR count). The van der Waals surface area contributed by atoms with Crippen LogP contribution in [0.5, 0.6) is 5.75 Å². The molecule has 178 valence electrons. The summed E-state index contributed by atoms with van der Waals surface area (Å²) in [7, 11) is 0. The Bertz CT molecular complexity index is 1260. The number of halogens is 4. The van der Waals surface area contributed by atoms with E-state index in [1.54, 1.807) is 0 Å². The highest BCUT2D eigenvalue weighted by Gasteiger charge is 2.36. The van der Waals surface area contributed by atoms with Crippen LogP contribution in [0.25, 0.3) is 0 Å². The van der Waals surface area contributed by atoms with E-state index < -0.39 is 17.9 Å². The molecule has 0 saturated carbocycles. The van der Waals surface area contributed by atoms with Crippen LogP contribution < -0.4 is 21.1 Å². The number of nitrogens with one attached hydrogen (secondary N) is 1. The van der Waals surface area contributed by atoms with Gasteiger partial charge in [0.15, 0.2) is 29.4 Å². The van der Waals surface area contributed by atoms with Crippen LogP contribution in [-0.4, -0.2) is 28.8 Å². The number of hydrogen-bond donors (Lipinski definition) is 3. The number of ether oxygens (including phenoxy) is 1. The molecule has 7 nitrogen and oxygen atoms in total. The van der Waals surface area contributed by atoms with Gasteiger partial charge in [0.25, 0.3) is 0 Å². The fourth-order valence-corrected chi connectivity index (χ4v) is 4.44. The Morgan fingerprint density at radius 2 is 1.76 bits per heavy atom. The summed E-state index contributed by atoms with van der Waals surface area (Å²) in [6.07, 6.45) is 2.83. The summed E-state index contributed by atoms with van der Waals surface area (Å²) in [6, 6.07) is 3.43. The number of rotatable bonds is 6. The molecule has 3 aromatic rings. The highest BCUT2D eigenvalue weighted by Crippen LogP contribution is 2.35. The topological polar surface area (TPSA) is 114 Å². The van der Waals surface area contributed by atoms with Gasteiger partial charge in [0, 0.05) is 60.1 Å². The molecule has 1 fully saturated rings. The molecule has 1 aromatic carbocycles. The first-order valence-electron chi connectivity index (χ1n) is 10.3. The average molecular weight is 507 g/mol. The molecule has 11 heteroatoms. The molecule has 0 aliphatic carbocycles. The second-order valence-corrected chi connectivity index (χ2v) is 9.66. The second-order valence-electron chi connectivity index (χ2n) is 8.85. The lowest BCUT2D eigenvalue weighted by atomic mass is 9.84. The maximum absolute atomic E-state index is 14.8. The molecule has 0 amide bonds. The summed E-state index contributed by atoms with van der Waals surface area (Å²) < 4.78 is 34.9. The zero-order valence-corrected chi connectivity index (χ0v) is 19.9. The van der Waals surface area contributed by atoms with Crippen molar-refractivity contribution in [3.05, 3.63) is 75.2 Å². The van der Waals surface area contributed by atoms with Gasteiger partial charge in [0.05, 0.1) is 15.8 Å². The Kier molecular flexibility index (Phi) is 6.37. The Hall–Kier alpha value is -3.01. The SMILES string of the molecule is CC1(C)CN(c2ncc(C(=N)c3cc(O[C@H](N)c4c(Cl)cncc4Cl)c(F)cc3N)cc2F)C1. The molecule has 0 unspecified atom stereocenters. The van der Waals surface area contributed by atoms with E-state index in [0.29, 0.717) is 13.1 Å². The maximum atomic E-state index is 14.8. The fourth-order valence-electron chi connectivity index (χ4n) is 3.86. The van der Waals surface area contributed by atoms with Gasteiger partial charge >= 0.3 is 0 Å². The Morgan fingerprint density at radius 3 is 2.35 bits per heavy atom. The van der Waals surface area contributed by atoms with Crippen molar-refractivity contribution in [1.82, 2.24) is 9.97 Å². The first kappa shape index (κ1) is 24.1. The van der Waals surface area contributed by atoms with Gasteiger partial charge in [-0.05, 0) is 17.5 Å². The normalized spacial score (nSPS) is 15.6. The van der Waals surface area contributed by atoms with Crippen molar-refractivity contribution in [2.75, 3.05) is 23.7 Å². The van der Waals surface area contributed by atoms with E-state index in [2.05, 4.69) is 23.8 Å². The Balaban J connectivity index is 1.61. The van der Waals surface area contributed by atoms with Crippen LogP contribution in [-0.2, 0) is 0 Å². The smallest absolute Gasteiger partial charge is 0.177 e. The molecule has 3 heterocycles. The lowest BCUT2D eigenvalue weighted by Crippen LogP contribution is -2.53. The van der Waals surface area contributed by atoms with Gasteiger partial charge in [-0.1, -0.05) is 37.0 Å². The van der Waals surface area contributed by atoms with Gasteiger partial charge in [-0.3, -0.25) is 16.1 Å². The highest BCUT2D eigenvalue weighted by atomic mass is 35.5. The molecular formula is C23H22Cl2F2N6O. The van der Waals surface area contributed by atoms with Crippen LogP contribution in [0.15, 0.2) is 36.8 Å². The number of aromatic nitrogens is 2. The maximum Gasteiger partial charge on any atom is 0.177 e. The van der Waals surface area contributed by atoms with E-state index in [1.165, 1.54) is 30.7 Å². The van der Waals surface area contributed by atoms with Gasteiger partial charge in [0.2, 0.25) is 0 Å². The van der Waals surface area contributed by atoms with E-state index in [1.807, 2.05) is 4.90 Å². The molecule has 1 aliphatic heterocycles. The zero-order chi connectivity index (χ0) is 24.8. The van der Waals surface area contributed by atoms with Crippen molar-refractivity contribution in [3.63, 3.8) is 0 Å². The predicted octanol–water partition coefficient (Wildman–Crippen LogP) is 4.94. The van der Waals surface area contributed by atoms with E-state index >= 15 is 0 Å². The summed E-state index contributed by atoms with van der Waals surface area (Å²) in [4.78, 5) is 9.87. The minimum atomic E-state index is -1.22. The fraction of sp³-hybridized carbons (Fsp3) is 0.261. The standard InChI is InChI=1S/C23H22Cl2F2N6O/c1-23(2)9-33(10-23)22-16(27)3-11(6-32-22)20(29)12-4-18(15(26)5-17(12)28)34-21(30)19-13(24)7-31-8-14(19)25/h3-8,21,29H,9-10,28,30H2,1-2H3/t21-/m0/s1. The third-order valence-electron chi connectivity index (χ3n) is 5.45. The van der Waals surface area contributed by atoms with Crippen molar-refractivity contribution in [2.45, 2.75) is 20.1 Å². The first-order chi connectivity index (χ1) is 16.0. The van der Waals surface area contributed by atoms with Gasteiger partial charge < -0.3 is 15.4 Å². The summed E-state index contributed by atoms with van der Waals surface area (Å²) in [6.45, 7) is 5.55. The molecule has 0 bridgehead atoms. The minimum absolute atomic E-state index is 0.0302. The molecule has 0 spiro atoms. The number of benzene rings is 1. The third kappa shape index (κ3) is 4.64. The second kappa shape index (κ2) is 8.98.